The minimum atomic E-state index is 0.151. The fraction of sp³-hybridized carbons (Fsp3) is 0.545. The van der Waals surface area contributed by atoms with Crippen molar-refractivity contribution in [2.45, 2.75) is 26.4 Å². The van der Waals surface area contributed by atoms with E-state index in [4.69, 9.17) is 10.8 Å². The average Bonchev–Trinajstić information content (AvgIpc) is 2.25. The van der Waals surface area contributed by atoms with E-state index in [1.807, 2.05) is 12.1 Å². The molecule has 0 aromatic carbocycles. The molecule has 0 aliphatic heterocycles. The molecular weight excluding hydrogens is 190 g/mol. The minimum Gasteiger partial charge on any atom is -0.395 e. The minimum absolute atomic E-state index is 0.151. The van der Waals surface area contributed by atoms with E-state index >= 15 is 0 Å². The van der Waals surface area contributed by atoms with Crippen molar-refractivity contribution in [3.8, 4) is 0 Å². The van der Waals surface area contributed by atoms with E-state index < -0.39 is 0 Å². The summed E-state index contributed by atoms with van der Waals surface area (Å²) in [6.45, 7) is 5.42. The van der Waals surface area contributed by atoms with E-state index in [1.165, 1.54) is 0 Å². The predicted octanol–water partition coefficient (Wildman–Crippen LogP) is 0.747. The zero-order chi connectivity index (χ0) is 11.3. The van der Waals surface area contributed by atoms with Gasteiger partial charge in [-0.2, -0.15) is 0 Å². The lowest BCUT2D eigenvalue weighted by Gasteiger charge is -2.28. The van der Waals surface area contributed by atoms with Crippen molar-refractivity contribution in [1.29, 1.82) is 0 Å². The molecule has 4 nitrogen and oxygen atoms in total. The van der Waals surface area contributed by atoms with E-state index in [9.17, 15) is 0 Å². The van der Waals surface area contributed by atoms with Gasteiger partial charge in [-0.25, -0.2) is 0 Å². The summed E-state index contributed by atoms with van der Waals surface area (Å²) in [6.07, 6.45) is 1.75. The smallest absolute Gasteiger partial charge is 0.0606 e. The van der Waals surface area contributed by atoms with E-state index in [-0.39, 0.29) is 6.61 Å². The van der Waals surface area contributed by atoms with Gasteiger partial charge in [-0.1, -0.05) is 0 Å². The van der Waals surface area contributed by atoms with Crippen LogP contribution in [0.2, 0.25) is 0 Å². The number of hydrogen-bond acceptors (Lipinski definition) is 4. The van der Waals surface area contributed by atoms with Gasteiger partial charge in [-0.15, -0.1) is 0 Å². The first-order valence-corrected chi connectivity index (χ1v) is 5.21. The fourth-order valence-electron chi connectivity index (χ4n) is 1.55. The molecule has 84 valence electrons. The van der Waals surface area contributed by atoms with E-state index in [0.29, 0.717) is 19.1 Å². The molecule has 3 N–H and O–H groups in total. The highest BCUT2D eigenvalue weighted by atomic mass is 16.3. The highest BCUT2D eigenvalue weighted by molar-refractivity contribution is 5.47. The Labute approximate surface area is 90.7 Å². The first-order chi connectivity index (χ1) is 7.19. The molecule has 1 aromatic rings. The number of hydrogen-bond donors (Lipinski definition) is 2. The molecule has 0 aliphatic rings. The average molecular weight is 209 g/mol. The van der Waals surface area contributed by atoms with Crippen molar-refractivity contribution in [3.63, 3.8) is 0 Å². The molecule has 0 spiro atoms. The Morgan fingerprint density at radius 3 is 2.80 bits per heavy atom. The monoisotopic (exact) mass is 209 g/mol. The number of aromatic nitrogens is 1. The Morgan fingerprint density at radius 1 is 1.53 bits per heavy atom. The van der Waals surface area contributed by atoms with Gasteiger partial charge in [0.05, 0.1) is 12.3 Å². The van der Waals surface area contributed by atoms with Gasteiger partial charge in [0, 0.05) is 31.0 Å². The molecular formula is C11H19N3O. The lowest BCUT2D eigenvalue weighted by molar-refractivity contribution is 0.299. The molecule has 0 fully saturated rings. The van der Waals surface area contributed by atoms with Gasteiger partial charge in [-0.05, 0) is 26.0 Å². The maximum absolute atomic E-state index is 8.99. The van der Waals surface area contributed by atoms with Crippen molar-refractivity contribution >= 4 is 5.69 Å². The van der Waals surface area contributed by atoms with Crippen LogP contribution in [0.15, 0.2) is 18.3 Å². The Kier molecular flexibility index (Phi) is 4.52. The molecule has 0 saturated heterocycles. The van der Waals surface area contributed by atoms with Crippen LogP contribution in [-0.2, 0) is 6.54 Å². The molecule has 1 heterocycles. The van der Waals surface area contributed by atoms with Gasteiger partial charge in [0.25, 0.3) is 0 Å². The zero-order valence-electron chi connectivity index (χ0n) is 9.35. The Balaban J connectivity index is 2.89. The summed E-state index contributed by atoms with van der Waals surface area (Å²) in [5.74, 6) is 0. The Bertz CT molecular complexity index is 302. The Hall–Kier alpha value is -1.13. The highest BCUT2D eigenvalue weighted by Gasteiger charge is 2.10. The van der Waals surface area contributed by atoms with Gasteiger partial charge in [0.1, 0.15) is 0 Å². The lowest BCUT2D eigenvalue weighted by atomic mass is 10.2. The number of aliphatic hydroxyl groups excluding tert-OH is 1. The summed E-state index contributed by atoms with van der Waals surface area (Å²) in [7, 11) is 0. The van der Waals surface area contributed by atoms with E-state index in [1.54, 1.807) is 6.20 Å². The Morgan fingerprint density at radius 2 is 2.27 bits per heavy atom. The zero-order valence-corrected chi connectivity index (χ0v) is 9.35. The second-order valence-electron chi connectivity index (χ2n) is 3.72. The van der Waals surface area contributed by atoms with Crippen molar-refractivity contribution < 1.29 is 5.11 Å². The lowest BCUT2D eigenvalue weighted by Crippen LogP contribution is -2.33. The topological polar surface area (TPSA) is 62.4 Å². The number of nitrogens with zero attached hydrogens (tertiary/aromatic N) is 2. The largest absolute Gasteiger partial charge is 0.395 e. The maximum atomic E-state index is 8.99. The summed E-state index contributed by atoms with van der Waals surface area (Å²) < 4.78 is 0. The van der Waals surface area contributed by atoms with Crippen molar-refractivity contribution in [1.82, 2.24) is 4.98 Å². The van der Waals surface area contributed by atoms with Crippen LogP contribution in [0.3, 0.4) is 0 Å². The molecule has 0 amide bonds. The van der Waals surface area contributed by atoms with Crippen LogP contribution in [0.5, 0.6) is 0 Å². The third kappa shape index (κ3) is 3.18. The number of nitrogens with two attached hydrogens (primary N) is 1. The SMILES string of the molecule is CC(C)N(CCO)c1ccnc(CN)c1. The molecule has 0 atom stereocenters. The highest BCUT2D eigenvalue weighted by Crippen LogP contribution is 2.16. The molecule has 15 heavy (non-hydrogen) atoms. The van der Waals surface area contributed by atoms with Crippen LogP contribution in [0, 0.1) is 0 Å². The fourth-order valence-corrected chi connectivity index (χ4v) is 1.55. The predicted molar refractivity (Wildman–Crippen MR) is 61.7 cm³/mol. The third-order valence-electron chi connectivity index (χ3n) is 2.31. The van der Waals surface area contributed by atoms with Gasteiger partial charge in [-0.3, -0.25) is 4.98 Å². The molecule has 0 saturated carbocycles. The maximum Gasteiger partial charge on any atom is 0.0606 e. The number of anilines is 1. The van der Waals surface area contributed by atoms with E-state index in [2.05, 4.69) is 23.7 Å². The number of rotatable bonds is 5. The first kappa shape index (κ1) is 11.9. The summed E-state index contributed by atoms with van der Waals surface area (Å²) in [5.41, 5.74) is 7.47. The standard InChI is InChI=1S/C11H19N3O/c1-9(2)14(5-6-15)11-3-4-13-10(7-11)8-12/h3-4,7,9,15H,5-6,8,12H2,1-2H3. The summed E-state index contributed by atoms with van der Waals surface area (Å²) in [6, 6.07) is 4.26. The van der Waals surface area contributed by atoms with Crippen LogP contribution >= 0.6 is 0 Å². The summed E-state index contributed by atoms with van der Waals surface area (Å²) >= 11 is 0. The normalized spacial score (nSPS) is 10.7. The quantitative estimate of drug-likeness (QED) is 0.751. The van der Waals surface area contributed by atoms with Crippen molar-refractivity contribution in [3.05, 3.63) is 24.0 Å². The van der Waals surface area contributed by atoms with Crippen LogP contribution in [0.1, 0.15) is 19.5 Å². The summed E-state index contributed by atoms with van der Waals surface area (Å²) in [5, 5.41) is 8.99. The van der Waals surface area contributed by atoms with Crippen molar-refractivity contribution in [2.75, 3.05) is 18.1 Å². The van der Waals surface area contributed by atoms with Gasteiger partial charge in [0.15, 0.2) is 0 Å². The molecule has 0 unspecified atom stereocenters. The van der Waals surface area contributed by atoms with Crippen molar-refractivity contribution in [2.24, 2.45) is 5.73 Å². The molecule has 1 aromatic heterocycles. The summed E-state index contributed by atoms with van der Waals surface area (Å²) in [4.78, 5) is 6.27. The van der Waals surface area contributed by atoms with Crippen LogP contribution < -0.4 is 10.6 Å². The van der Waals surface area contributed by atoms with Crippen LogP contribution in [-0.4, -0.2) is 29.3 Å². The van der Waals surface area contributed by atoms with Crippen LogP contribution in [0.4, 0.5) is 5.69 Å². The number of pyridine rings is 1. The van der Waals surface area contributed by atoms with Crippen LogP contribution in [0.25, 0.3) is 0 Å². The van der Waals surface area contributed by atoms with Gasteiger partial charge < -0.3 is 15.7 Å². The molecule has 0 radical (unpaired) electrons. The second kappa shape index (κ2) is 5.68. The first-order valence-electron chi connectivity index (χ1n) is 5.21. The van der Waals surface area contributed by atoms with E-state index in [0.717, 1.165) is 11.4 Å². The molecule has 0 aliphatic carbocycles. The third-order valence-corrected chi connectivity index (χ3v) is 2.31. The second-order valence-corrected chi connectivity index (χ2v) is 3.72. The molecule has 0 bridgehead atoms. The van der Waals surface area contributed by atoms with Gasteiger partial charge >= 0.3 is 0 Å². The number of aliphatic hydroxyl groups is 1. The van der Waals surface area contributed by atoms with Gasteiger partial charge in [0.2, 0.25) is 0 Å². The molecule has 1 rings (SSSR count). The molecule has 4 heteroatoms.